The number of nitrogens with zero attached hydrogens (tertiary/aromatic N) is 3. The van der Waals surface area contributed by atoms with Gasteiger partial charge in [-0.05, 0) is 19.3 Å². The first-order valence-electron chi connectivity index (χ1n) is 8.45. The SMILES string of the molecule is C=CCC1C(O)N(c2cc(C(C)C(Cl)CC)on2)C(=O)N1CCC. The molecular formula is C17H26ClN3O3. The second-order valence-electron chi connectivity index (χ2n) is 6.15. The molecule has 2 rings (SSSR count). The Balaban J connectivity index is 2.26. The van der Waals surface area contributed by atoms with E-state index >= 15 is 0 Å². The lowest BCUT2D eigenvalue weighted by Crippen LogP contribution is -2.37. The molecule has 1 saturated heterocycles. The lowest BCUT2D eigenvalue weighted by molar-refractivity contribution is 0.119. The predicted molar refractivity (Wildman–Crippen MR) is 94.3 cm³/mol. The van der Waals surface area contributed by atoms with E-state index < -0.39 is 6.23 Å². The number of alkyl halides is 1. The maximum absolute atomic E-state index is 12.7. The minimum absolute atomic E-state index is 0.0246. The van der Waals surface area contributed by atoms with Crippen molar-refractivity contribution in [1.29, 1.82) is 0 Å². The molecule has 134 valence electrons. The third-order valence-corrected chi connectivity index (χ3v) is 5.16. The fourth-order valence-electron chi connectivity index (χ4n) is 3.02. The first kappa shape index (κ1) is 18.8. The van der Waals surface area contributed by atoms with Crippen LogP contribution in [-0.2, 0) is 0 Å². The molecule has 0 radical (unpaired) electrons. The standard InChI is InChI=1S/C17H26ClN3O3/c1-5-8-13-16(22)21(17(23)20(13)9-6-2)15-10-14(24-19-15)11(4)12(18)7-3/h5,10-13,16,22H,1,6-9H2,2-4H3. The van der Waals surface area contributed by atoms with Crippen LogP contribution in [0, 0.1) is 0 Å². The molecule has 7 heteroatoms. The largest absolute Gasteiger partial charge is 0.371 e. The third-order valence-electron chi connectivity index (χ3n) is 4.48. The molecule has 0 bridgehead atoms. The predicted octanol–water partition coefficient (Wildman–Crippen LogP) is 3.71. The van der Waals surface area contributed by atoms with Crippen LogP contribution in [0.5, 0.6) is 0 Å². The lowest BCUT2D eigenvalue weighted by Gasteiger charge is -2.22. The summed E-state index contributed by atoms with van der Waals surface area (Å²) < 4.78 is 5.37. The molecule has 2 amide bonds. The zero-order valence-electron chi connectivity index (χ0n) is 14.5. The van der Waals surface area contributed by atoms with Crippen molar-refractivity contribution in [2.24, 2.45) is 0 Å². The molecule has 0 saturated carbocycles. The number of aliphatic hydroxyl groups excluding tert-OH is 1. The van der Waals surface area contributed by atoms with Gasteiger partial charge in [0.15, 0.2) is 12.0 Å². The van der Waals surface area contributed by atoms with Gasteiger partial charge in [-0.2, -0.15) is 0 Å². The van der Waals surface area contributed by atoms with Crippen LogP contribution in [0.1, 0.15) is 51.7 Å². The topological polar surface area (TPSA) is 69.8 Å². The minimum atomic E-state index is -0.978. The number of hydrogen-bond donors (Lipinski definition) is 1. The number of aromatic nitrogens is 1. The van der Waals surface area contributed by atoms with Crippen molar-refractivity contribution in [2.45, 2.75) is 63.6 Å². The molecule has 4 atom stereocenters. The van der Waals surface area contributed by atoms with E-state index in [1.807, 2.05) is 20.8 Å². The van der Waals surface area contributed by atoms with Gasteiger partial charge in [0.05, 0.1) is 6.04 Å². The van der Waals surface area contributed by atoms with E-state index in [1.54, 1.807) is 17.0 Å². The van der Waals surface area contributed by atoms with Gasteiger partial charge in [-0.3, -0.25) is 0 Å². The van der Waals surface area contributed by atoms with Crippen molar-refractivity contribution in [1.82, 2.24) is 10.1 Å². The number of halogens is 1. The molecule has 1 aliphatic rings. The Morgan fingerprint density at radius 3 is 2.83 bits per heavy atom. The van der Waals surface area contributed by atoms with Gasteiger partial charge < -0.3 is 14.5 Å². The minimum Gasteiger partial charge on any atom is -0.371 e. The van der Waals surface area contributed by atoms with Crippen molar-refractivity contribution < 1.29 is 14.4 Å². The van der Waals surface area contributed by atoms with Crippen LogP contribution >= 0.6 is 11.6 Å². The number of carbonyl (C=O) groups excluding carboxylic acids is 1. The Labute approximate surface area is 148 Å². The average molecular weight is 356 g/mol. The normalized spacial score (nSPS) is 23.6. The van der Waals surface area contributed by atoms with Gasteiger partial charge in [0.2, 0.25) is 0 Å². The zero-order valence-corrected chi connectivity index (χ0v) is 15.2. The highest BCUT2D eigenvalue weighted by atomic mass is 35.5. The maximum Gasteiger partial charge on any atom is 0.328 e. The summed E-state index contributed by atoms with van der Waals surface area (Å²) in [6, 6.07) is 1.10. The maximum atomic E-state index is 12.7. The fourth-order valence-corrected chi connectivity index (χ4v) is 3.15. The van der Waals surface area contributed by atoms with Gasteiger partial charge in [0.1, 0.15) is 5.76 Å². The van der Waals surface area contributed by atoms with Gasteiger partial charge in [0.25, 0.3) is 0 Å². The van der Waals surface area contributed by atoms with Crippen LogP contribution in [0.15, 0.2) is 23.2 Å². The third kappa shape index (κ3) is 3.44. The molecular weight excluding hydrogens is 330 g/mol. The van der Waals surface area contributed by atoms with Gasteiger partial charge in [0, 0.05) is 23.9 Å². The highest BCUT2D eigenvalue weighted by Crippen LogP contribution is 2.33. The number of anilines is 1. The Kier molecular flexibility index (Phi) is 6.29. The van der Waals surface area contributed by atoms with Crippen molar-refractivity contribution in [2.75, 3.05) is 11.4 Å². The fraction of sp³-hybridized carbons (Fsp3) is 0.647. The summed E-state index contributed by atoms with van der Waals surface area (Å²) in [5.74, 6) is 0.909. The Hall–Kier alpha value is -1.53. The van der Waals surface area contributed by atoms with Crippen LogP contribution in [0.25, 0.3) is 0 Å². The molecule has 1 aromatic rings. The van der Waals surface area contributed by atoms with E-state index in [-0.39, 0.29) is 23.4 Å². The molecule has 6 nitrogen and oxygen atoms in total. The molecule has 0 aliphatic carbocycles. The van der Waals surface area contributed by atoms with Gasteiger partial charge >= 0.3 is 6.03 Å². The Morgan fingerprint density at radius 1 is 1.54 bits per heavy atom. The van der Waals surface area contributed by atoms with Crippen LogP contribution in [0.3, 0.4) is 0 Å². The highest BCUT2D eigenvalue weighted by molar-refractivity contribution is 6.21. The van der Waals surface area contributed by atoms with Crippen LogP contribution < -0.4 is 4.90 Å². The summed E-state index contributed by atoms with van der Waals surface area (Å²) in [7, 11) is 0. The summed E-state index contributed by atoms with van der Waals surface area (Å²) >= 11 is 6.27. The van der Waals surface area contributed by atoms with E-state index in [0.29, 0.717) is 24.5 Å². The Bertz CT molecular complexity index is 577. The van der Waals surface area contributed by atoms with Crippen molar-refractivity contribution >= 4 is 23.4 Å². The number of amides is 2. The summed E-state index contributed by atoms with van der Waals surface area (Å²) in [6.45, 7) is 10.2. The molecule has 4 unspecified atom stereocenters. The van der Waals surface area contributed by atoms with E-state index in [2.05, 4.69) is 11.7 Å². The molecule has 1 aliphatic heterocycles. The van der Waals surface area contributed by atoms with Crippen molar-refractivity contribution in [3.63, 3.8) is 0 Å². The zero-order chi connectivity index (χ0) is 17.9. The number of carbonyl (C=O) groups is 1. The molecule has 0 aromatic carbocycles. The summed E-state index contributed by atoms with van der Waals surface area (Å²) in [5, 5.41) is 14.5. The van der Waals surface area contributed by atoms with E-state index in [4.69, 9.17) is 16.1 Å². The summed E-state index contributed by atoms with van der Waals surface area (Å²) in [6.07, 6.45) is 2.86. The highest BCUT2D eigenvalue weighted by Gasteiger charge is 2.45. The van der Waals surface area contributed by atoms with Crippen LogP contribution in [0.4, 0.5) is 10.6 Å². The number of hydrogen-bond acceptors (Lipinski definition) is 4. The number of rotatable bonds is 8. The molecule has 1 fully saturated rings. The van der Waals surface area contributed by atoms with E-state index in [1.165, 1.54) is 4.90 Å². The quantitative estimate of drug-likeness (QED) is 0.570. The molecule has 0 spiro atoms. The molecule has 1 aromatic heterocycles. The van der Waals surface area contributed by atoms with Crippen LogP contribution in [-0.4, -0.2) is 45.4 Å². The molecule has 1 N–H and O–H groups in total. The Morgan fingerprint density at radius 2 is 2.25 bits per heavy atom. The van der Waals surface area contributed by atoms with E-state index in [9.17, 15) is 9.90 Å². The number of aliphatic hydroxyl groups is 1. The molecule has 2 heterocycles. The first-order valence-corrected chi connectivity index (χ1v) is 8.89. The van der Waals surface area contributed by atoms with Crippen molar-refractivity contribution in [3.05, 3.63) is 24.5 Å². The van der Waals surface area contributed by atoms with E-state index in [0.717, 1.165) is 12.8 Å². The van der Waals surface area contributed by atoms with Gasteiger partial charge in [-0.25, -0.2) is 9.69 Å². The lowest BCUT2D eigenvalue weighted by atomic mass is 10.0. The van der Waals surface area contributed by atoms with Crippen molar-refractivity contribution in [3.8, 4) is 0 Å². The average Bonchev–Trinajstić information content (AvgIpc) is 3.13. The first-order chi connectivity index (χ1) is 11.5. The summed E-state index contributed by atoms with van der Waals surface area (Å²) in [5.41, 5.74) is 0. The van der Waals surface area contributed by atoms with Gasteiger partial charge in [-0.1, -0.05) is 32.0 Å². The second-order valence-corrected chi connectivity index (χ2v) is 6.71. The monoisotopic (exact) mass is 355 g/mol. The number of urea groups is 1. The molecule has 24 heavy (non-hydrogen) atoms. The van der Waals surface area contributed by atoms with Crippen LogP contribution in [0.2, 0.25) is 0 Å². The second kappa shape index (κ2) is 8.03. The smallest absolute Gasteiger partial charge is 0.328 e. The summed E-state index contributed by atoms with van der Waals surface area (Å²) in [4.78, 5) is 15.7. The van der Waals surface area contributed by atoms with Gasteiger partial charge in [-0.15, -0.1) is 18.2 Å².